The second-order valence-electron chi connectivity index (χ2n) is 4.51. The third-order valence-corrected chi connectivity index (χ3v) is 3.36. The van der Waals surface area contributed by atoms with E-state index in [1.807, 2.05) is 6.33 Å². The highest BCUT2D eigenvalue weighted by Gasteiger charge is 2.05. The van der Waals surface area contributed by atoms with Gasteiger partial charge in [-0.2, -0.15) is 0 Å². The van der Waals surface area contributed by atoms with Gasteiger partial charge in [-0.3, -0.25) is 0 Å². The molecule has 0 saturated heterocycles. The van der Waals surface area contributed by atoms with Crippen LogP contribution < -0.4 is 0 Å². The van der Waals surface area contributed by atoms with Crippen molar-refractivity contribution >= 4 is 0 Å². The first-order valence-electron chi connectivity index (χ1n) is 6.37. The number of nitrogens with zero attached hydrogens (tertiary/aromatic N) is 2. The molecule has 90 valence electrons. The van der Waals surface area contributed by atoms with E-state index in [2.05, 4.69) is 60.8 Å². The highest BCUT2D eigenvalue weighted by molar-refractivity contribution is 5.58. The van der Waals surface area contributed by atoms with Gasteiger partial charge in [-0.05, 0) is 25.3 Å². The molecule has 1 heterocycles. The van der Waals surface area contributed by atoms with Crippen LogP contribution in [0.5, 0.6) is 0 Å². The Morgan fingerprint density at radius 2 is 1.88 bits per heavy atom. The molecule has 0 aliphatic carbocycles. The summed E-state index contributed by atoms with van der Waals surface area (Å²) in [5.41, 5.74) is 3.63. The average Bonchev–Trinajstić information content (AvgIpc) is 2.87. The molecule has 0 N–H and O–H groups in total. The molecule has 0 radical (unpaired) electrons. The van der Waals surface area contributed by atoms with E-state index < -0.39 is 0 Å². The predicted octanol–water partition coefficient (Wildman–Crippen LogP) is 4.08. The van der Waals surface area contributed by atoms with Crippen LogP contribution in [0.1, 0.15) is 38.8 Å². The van der Waals surface area contributed by atoms with Gasteiger partial charge in [0, 0.05) is 17.8 Å². The molecule has 1 aromatic carbocycles. The minimum Gasteiger partial charge on any atom is -0.334 e. The van der Waals surface area contributed by atoms with E-state index >= 15 is 0 Å². The third-order valence-electron chi connectivity index (χ3n) is 3.36. The lowest BCUT2D eigenvalue weighted by Gasteiger charge is -2.08. The molecule has 17 heavy (non-hydrogen) atoms. The van der Waals surface area contributed by atoms with Gasteiger partial charge in [0.15, 0.2) is 0 Å². The van der Waals surface area contributed by atoms with Crippen molar-refractivity contribution in [3.05, 3.63) is 42.4 Å². The first-order chi connectivity index (χ1) is 8.24. The monoisotopic (exact) mass is 228 g/mol. The third kappa shape index (κ3) is 2.57. The van der Waals surface area contributed by atoms with Crippen molar-refractivity contribution in [3.8, 4) is 11.3 Å². The van der Waals surface area contributed by atoms with Crippen molar-refractivity contribution in [2.45, 2.75) is 39.7 Å². The zero-order chi connectivity index (χ0) is 12.3. The molecule has 0 amide bonds. The van der Waals surface area contributed by atoms with Crippen LogP contribution in [-0.4, -0.2) is 9.55 Å². The Hall–Kier alpha value is -1.57. The fourth-order valence-electron chi connectivity index (χ4n) is 1.85. The number of rotatable bonds is 4. The normalized spacial score (nSPS) is 12.6. The molecule has 0 fully saturated rings. The van der Waals surface area contributed by atoms with Crippen LogP contribution in [-0.2, 0) is 6.42 Å². The summed E-state index contributed by atoms with van der Waals surface area (Å²) in [6, 6.07) is 9.19. The Morgan fingerprint density at radius 3 is 2.47 bits per heavy atom. The first kappa shape index (κ1) is 11.9. The van der Waals surface area contributed by atoms with E-state index in [1.54, 1.807) is 0 Å². The molecule has 1 aromatic heterocycles. The molecule has 2 heteroatoms. The van der Waals surface area contributed by atoms with E-state index in [9.17, 15) is 0 Å². The van der Waals surface area contributed by atoms with Gasteiger partial charge in [0.25, 0.3) is 0 Å². The summed E-state index contributed by atoms with van der Waals surface area (Å²) in [4.78, 5) is 4.47. The van der Waals surface area contributed by atoms with Crippen LogP contribution >= 0.6 is 0 Å². The van der Waals surface area contributed by atoms with Gasteiger partial charge < -0.3 is 4.57 Å². The van der Waals surface area contributed by atoms with Crippen molar-refractivity contribution in [2.24, 2.45) is 0 Å². The van der Waals surface area contributed by atoms with Gasteiger partial charge in [0.05, 0.1) is 12.0 Å². The standard InChI is InChI=1S/C15H20N2/c1-4-12(3)17-10-15(16-11-17)14-8-6-13(5-2)7-9-14/h6-12H,4-5H2,1-3H3. The molecule has 0 bridgehead atoms. The highest BCUT2D eigenvalue weighted by atomic mass is 15.1. The molecule has 0 saturated carbocycles. The lowest BCUT2D eigenvalue weighted by molar-refractivity contribution is 0.530. The smallest absolute Gasteiger partial charge is 0.0956 e. The predicted molar refractivity (Wildman–Crippen MR) is 72.0 cm³/mol. The van der Waals surface area contributed by atoms with Gasteiger partial charge in [-0.15, -0.1) is 0 Å². The minimum atomic E-state index is 0.520. The Bertz CT molecular complexity index is 468. The lowest BCUT2D eigenvalue weighted by Crippen LogP contribution is -1.99. The zero-order valence-electron chi connectivity index (χ0n) is 10.9. The quantitative estimate of drug-likeness (QED) is 0.771. The summed E-state index contributed by atoms with van der Waals surface area (Å²) in [5.74, 6) is 0. The zero-order valence-corrected chi connectivity index (χ0v) is 10.9. The van der Waals surface area contributed by atoms with Gasteiger partial charge >= 0.3 is 0 Å². The molecule has 0 aliphatic rings. The van der Waals surface area contributed by atoms with Crippen molar-refractivity contribution < 1.29 is 0 Å². The second kappa shape index (κ2) is 5.17. The highest BCUT2D eigenvalue weighted by Crippen LogP contribution is 2.20. The number of hydrogen-bond donors (Lipinski definition) is 0. The summed E-state index contributed by atoms with van der Waals surface area (Å²) in [6.07, 6.45) is 6.28. The first-order valence-corrected chi connectivity index (χ1v) is 6.37. The van der Waals surface area contributed by atoms with E-state index in [4.69, 9.17) is 0 Å². The maximum Gasteiger partial charge on any atom is 0.0956 e. The Morgan fingerprint density at radius 1 is 1.18 bits per heavy atom. The lowest BCUT2D eigenvalue weighted by atomic mass is 10.1. The molecule has 2 aromatic rings. The fraction of sp³-hybridized carbons (Fsp3) is 0.400. The maximum absolute atomic E-state index is 4.47. The van der Waals surface area contributed by atoms with Crippen molar-refractivity contribution in [1.82, 2.24) is 9.55 Å². The Balaban J connectivity index is 2.24. The summed E-state index contributed by atoms with van der Waals surface area (Å²) >= 11 is 0. The van der Waals surface area contributed by atoms with Gasteiger partial charge in [-0.1, -0.05) is 38.1 Å². The Labute approximate surface area is 103 Å². The number of benzene rings is 1. The molecule has 0 aliphatic heterocycles. The van der Waals surface area contributed by atoms with Gasteiger partial charge in [0.1, 0.15) is 0 Å². The molecular weight excluding hydrogens is 208 g/mol. The molecular formula is C15H20N2. The van der Waals surface area contributed by atoms with Crippen LogP contribution in [0.4, 0.5) is 0 Å². The second-order valence-corrected chi connectivity index (χ2v) is 4.51. The van der Waals surface area contributed by atoms with Crippen LogP contribution in [0.2, 0.25) is 0 Å². The van der Waals surface area contributed by atoms with Gasteiger partial charge in [0.2, 0.25) is 0 Å². The van der Waals surface area contributed by atoms with Crippen molar-refractivity contribution in [2.75, 3.05) is 0 Å². The summed E-state index contributed by atoms with van der Waals surface area (Å²) in [6.45, 7) is 6.58. The topological polar surface area (TPSA) is 17.8 Å². The van der Waals surface area contributed by atoms with E-state index in [1.165, 1.54) is 11.1 Å². The molecule has 1 atom stereocenters. The number of aromatic nitrogens is 2. The maximum atomic E-state index is 4.47. The number of imidazole rings is 1. The molecule has 1 unspecified atom stereocenters. The van der Waals surface area contributed by atoms with Crippen LogP contribution in [0.3, 0.4) is 0 Å². The van der Waals surface area contributed by atoms with E-state index in [0.717, 1.165) is 18.5 Å². The SMILES string of the molecule is CCc1ccc(-c2cn(C(C)CC)cn2)cc1. The van der Waals surface area contributed by atoms with E-state index in [0.29, 0.717) is 6.04 Å². The van der Waals surface area contributed by atoms with Gasteiger partial charge in [-0.25, -0.2) is 4.98 Å². The van der Waals surface area contributed by atoms with Crippen molar-refractivity contribution in [3.63, 3.8) is 0 Å². The number of hydrogen-bond acceptors (Lipinski definition) is 1. The average molecular weight is 228 g/mol. The summed E-state index contributed by atoms with van der Waals surface area (Å²) < 4.78 is 2.18. The molecule has 0 spiro atoms. The van der Waals surface area contributed by atoms with Crippen molar-refractivity contribution in [1.29, 1.82) is 0 Å². The van der Waals surface area contributed by atoms with Crippen LogP contribution in [0, 0.1) is 0 Å². The fourth-order valence-corrected chi connectivity index (χ4v) is 1.85. The van der Waals surface area contributed by atoms with Crippen LogP contribution in [0.25, 0.3) is 11.3 Å². The molecule has 2 nitrogen and oxygen atoms in total. The van der Waals surface area contributed by atoms with E-state index in [-0.39, 0.29) is 0 Å². The minimum absolute atomic E-state index is 0.520. The van der Waals surface area contributed by atoms with Crippen LogP contribution in [0.15, 0.2) is 36.8 Å². The summed E-state index contributed by atoms with van der Waals surface area (Å²) in [5, 5.41) is 0. The number of aryl methyl sites for hydroxylation is 1. The largest absolute Gasteiger partial charge is 0.334 e. The molecule has 2 rings (SSSR count). The summed E-state index contributed by atoms with van der Waals surface area (Å²) in [7, 11) is 0. The Kier molecular flexibility index (Phi) is 3.62.